The van der Waals surface area contributed by atoms with Crippen molar-refractivity contribution >= 4 is 29.9 Å². The van der Waals surface area contributed by atoms with Crippen molar-refractivity contribution in [3.63, 3.8) is 0 Å². The number of aliphatic hydroxyl groups is 1. The summed E-state index contributed by atoms with van der Waals surface area (Å²) in [5, 5.41) is 17.1. The maximum absolute atomic E-state index is 10.3. The Kier molecular flexibility index (Phi) is 9.01. The second-order valence-electron chi connectivity index (χ2n) is 6.64. The van der Waals surface area contributed by atoms with E-state index < -0.39 is 0 Å². The number of hydrogen-bond donors (Lipinski definition) is 3. The molecule has 0 bridgehead atoms. The molecule has 2 aliphatic rings. The van der Waals surface area contributed by atoms with Gasteiger partial charge in [-0.1, -0.05) is 19.8 Å². The number of aliphatic hydroxyl groups excluding tert-OH is 1. The Bertz CT molecular complexity index is 348. The summed E-state index contributed by atoms with van der Waals surface area (Å²) in [6.45, 7) is 7.44. The fourth-order valence-corrected chi connectivity index (χ4v) is 3.18. The highest BCUT2D eigenvalue weighted by Crippen LogP contribution is 2.36. The molecule has 1 aliphatic carbocycles. The zero-order valence-corrected chi connectivity index (χ0v) is 16.3. The van der Waals surface area contributed by atoms with Gasteiger partial charge in [-0.3, -0.25) is 4.99 Å². The van der Waals surface area contributed by atoms with E-state index in [4.69, 9.17) is 9.73 Å². The molecular weight excluding hydrogens is 393 g/mol. The standard InChI is InChI=1S/C16H31N3O2.HI/c1-3-17-15(19-13-7-10-21-11-8-13)18-12-16(2)9-5-4-6-14(16)20;/h13-14,20H,3-12H2,1-2H3,(H2,17,18,19);1H. The van der Waals surface area contributed by atoms with Gasteiger partial charge < -0.3 is 20.5 Å². The first-order valence-electron chi connectivity index (χ1n) is 8.45. The van der Waals surface area contributed by atoms with Crippen molar-refractivity contribution < 1.29 is 9.84 Å². The maximum Gasteiger partial charge on any atom is 0.191 e. The average molecular weight is 425 g/mol. The lowest BCUT2D eigenvalue weighted by molar-refractivity contribution is 0.00713. The van der Waals surface area contributed by atoms with Gasteiger partial charge in [0.05, 0.1) is 12.6 Å². The number of halogens is 1. The van der Waals surface area contributed by atoms with E-state index in [1.165, 1.54) is 6.42 Å². The molecule has 0 aromatic heterocycles. The topological polar surface area (TPSA) is 65.9 Å². The summed E-state index contributed by atoms with van der Waals surface area (Å²) in [5.74, 6) is 0.878. The maximum atomic E-state index is 10.3. The van der Waals surface area contributed by atoms with Crippen LogP contribution in [0.25, 0.3) is 0 Å². The van der Waals surface area contributed by atoms with Gasteiger partial charge in [-0.2, -0.15) is 0 Å². The largest absolute Gasteiger partial charge is 0.392 e. The van der Waals surface area contributed by atoms with Crippen molar-refractivity contribution in [1.82, 2.24) is 10.6 Å². The summed E-state index contributed by atoms with van der Waals surface area (Å²) in [4.78, 5) is 4.75. The molecule has 6 heteroatoms. The van der Waals surface area contributed by atoms with Gasteiger partial charge in [0.15, 0.2) is 5.96 Å². The van der Waals surface area contributed by atoms with E-state index in [0.717, 1.165) is 57.8 Å². The van der Waals surface area contributed by atoms with Crippen LogP contribution in [0.3, 0.4) is 0 Å². The first-order valence-corrected chi connectivity index (χ1v) is 8.45. The highest BCUT2D eigenvalue weighted by molar-refractivity contribution is 14.0. The Balaban J connectivity index is 0.00000242. The third-order valence-corrected chi connectivity index (χ3v) is 4.78. The third kappa shape index (κ3) is 5.85. The Morgan fingerprint density at radius 3 is 2.64 bits per heavy atom. The third-order valence-electron chi connectivity index (χ3n) is 4.78. The minimum Gasteiger partial charge on any atom is -0.392 e. The van der Waals surface area contributed by atoms with Gasteiger partial charge in [0.2, 0.25) is 0 Å². The van der Waals surface area contributed by atoms with Crippen LogP contribution in [0.4, 0.5) is 0 Å². The highest BCUT2D eigenvalue weighted by Gasteiger charge is 2.35. The summed E-state index contributed by atoms with van der Waals surface area (Å²) in [6.07, 6.45) is 6.16. The minimum atomic E-state index is -0.221. The second kappa shape index (κ2) is 9.93. The normalized spacial score (nSPS) is 30.5. The van der Waals surface area contributed by atoms with E-state index in [0.29, 0.717) is 12.6 Å². The number of aliphatic imine (C=N–C) groups is 1. The van der Waals surface area contributed by atoms with Gasteiger partial charge in [0.25, 0.3) is 0 Å². The van der Waals surface area contributed by atoms with Crippen molar-refractivity contribution in [2.45, 2.75) is 64.5 Å². The van der Waals surface area contributed by atoms with Crippen LogP contribution in [-0.2, 0) is 4.74 Å². The monoisotopic (exact) mass is 425 g/mol. The molecule has 0 aromatic rings. The lowest BCUT2D eigenvalue weighted by atomic mass is 9.73. The number of guanidine groups is 1. The van der Waals surface area contributed by atoms with Crippen LogP contribution in [0.15, 0.2) is 4.99 Å². The molecule has 2 fully saturated rings. The van der Waals surface area contributed by atoms with Crippen LogP contribution in [-0.4, -0.2) is 49.5 Å². The molecule has 2 unspecified atom stereocenters. The number of rotatable bonds is 4. The van der Waals surface area contributed by atoms with Gasteiger partial charge in [0, 0.05) is 31.2 Å². The van der Waals surface area contributed by atoms with Crippen LogP contribution in [0, 0.1) is 5.41 Å². The number of nitrogens with one attached hydrogen (secondary N) is 2. The van der Waals surface area contributed by atoms with Crippen molar-refractivity contribution in [2.75, 3.05) is 26.3 Å². The van der Waals surface area contributed by atoms with Crippen molar-refractivity contribution in [3.8, 4) is 0 Å². The predicted molar refractivity (Wildman–Crippen MR) is 101 cm³/mol. The predicted octanol–water partition coefficient (Wildman–Crippen LogP) is 2.28. The average Bonchev–Trinajstić information content (AvgIpc) is 2.50. The zero-order valence-electron chi connectivity index (χ0n) is 13.9. The molecule has 0 radical (unpaired) electrons. The minimum absolute atomic E-state index is 0. The Hall–Kier alpha value is -0.0800. The molecule has 1 saturated heterocycles. The molecule has 1 heterocycles. The number of ether oxygens (including phenoxy) is 1. The molecule has 0 amide bonds. The van der Waals surface area contributed by atoms with E-state index in [-0.39, 0.29) is 35.5 Å². The lowest BCUT2D eigenvalue weighted by Crippen LogP contribution is -2.46. The van der Waals surface area contributed by atoms with E-state index in [1.807, 2.05) is 0 Å². The molecular formula is C16H32IN3O2. The van der Waals surface area contributed by atoms with Crippen LogP contribution in [0.2, 0.25) is 0 Å². The van der Waals surface area contributed by atoms with Crippen molar-refractivity contribution in [2.24, 2.45) is 10.4 Å². The summed E-state index contributed by atoms with van der Waals surface area (Å²) >= 11 is 0. The molecule has 3 N–H and O–H groups in total. The van der Waals surface area contributed by atoms with Crippen LogP contribution in [0.5, 0.6) is 0 Å². The van der Waals surface area contributed by atoms with Crippen molar-refractivity contribution in [3.05, 3.63) is 0 Å². The van der Waals surface area contributed by atoms with Gasteiger partial charge >= 0.3 is 0 Å². The fourth-order valence-electron chi connectivity index (χ4n) is 3.18. The van der Waals surface area contributed by atoms with Crippen LogP contribution < -0.4 is 10.6 Å². The first kappa shape index (κ1) is 20.0. The van der Waals surface area contributed by atoms with E-state index in [9.17, 15) is 5.11 Å². The Labute approximate surface area is 151 Å². The lowest BCUT2D eigenvalue weighted by Gasteiger charge is -2.37. The summed E-state index contributed by atoms with van der Waals surface area (Å²) in [5.41, 5.74) is -0.0731. The Morgan fingerprint density at radius 1 is 1.27 bits per heavy atom. The van der Waals surface area contributed by atoms with Gasteiger partial charge in [-0.25, -0.2) is 0 Å². The molecule has 0 spiro atoms. The van der Waals surface area contributed by atoms with Crippen LogP contribution >= 0.6 is 24.0 Å². The molecule has 2 atom stereocenters. The Morgan fingerprint density at radius 2 is 2.00 bits per heavy atom. The van der Waals surface area contributed by atoms with E-state index in [2.05, 4.69) is 24.5 Å². The van der Waals surface area contributed by atoms with Crippen molar-refractivity contribution in [1.29, 1.82) is 0 Å². The van der Waals surface area contributed by atoms with Gasteiger partial charge in [-0.15, -0.1) is 24.0 Å². The fraction of sp³-hybridized carbons (Fsp3) is 0.938. The number of nitrogens with zero attached hydrogens (tertiary/aromatic N) is 1. The second-order valence-corrected chi connectivity index (χ2v) is 6.64. The van der Waals surface area contributed by atoms with Gasteiger partial charge in [0.1, 0.15) is 0 Å². The first-order chi connectivity index (χ1) is 10.1. The van der Waals surface area contributed by atoms with Crippen LogP contribution in [0.1, 0.15) is 52.4 Å². The van der Waals surface area contributed by atoms with Gasteiger partial charge in [-0.05, 0) is 32.6 Å². The molecule has 2 rings (SSSR count). The molecule has 5 nitrogen and oxygen atoms in total. The number of hydrogen-bond acceptors (Lipinski definition) is 3. The zero-order chi connectivity index (χ0) is 15.1. The van der Waals surface area contributed by atoms with E-state index in [1.54, 1.807) is 0 Å². The molecule has 130 valence electrons. The highest BCUT2D eigenvalue weighted by atomic mass is 127. The molecule has 1 aliphatic heterocycles. The summed E-state index contributed by atoms with van der Waals surface area (Å²) in [6, 6.07) is 0.445. The molecule has 0 aromatic carbocycles. The van der Waals surface area contributed by atoms with E-state index >= 15 is 0 Å². The summed E-state index contributed by atoms with van der Waals surface area (Å²) in [7, 11) is 0. The smallest absolute Gasteiger partial charge is 0.191 e. The SMILES string of the molecule is CCNC(=NCC1(C)CCCCC1O)NC1CCOCC1.I. The molecule has 22 heavy (non-hydrogen) atoms. The quantitative estimate of drug-likeness (QED) is 0.368. The summed E-state index contributed by atoms with van der Waals surface area (Å²) < 4.78 is 5.39. The molecule has 1 saturated carbocycles.